The molecule has 146 valence electrons. The monoisotopic (exact) mass is 418 g/mol. The highest BCUT2D eigenvalue weighted by molar-refractivity contribution is 8.03. The summed E-state index contributed by atoms with van der Waals surface area (Å²) in [5.74, 6) is 2.05. The van der Waals surface area contributed by atoms with Crippen molar-refractivity contribution < 1.29 is 22.4 Å². The number of hydrogen-bond acceptors (Lipinski definition) is 6. The number of thioether (sulfide) groups is 1. The van der Waals surface area contributed by atoms with Gasteiger partial charge in [-0.3, -0.25) is 4.55 Å². The van der Waals surface area contributed by atoms with Crippen LogP contribution in [-0.2, 0) is 10.1 Å². The van der Waals surface area contributed by atoms with E-state index in [2.05, 4.69) is 11.5 Å². The fourth-order valence-corrected chi connectivity index (χ4v) is 5.93. The molecule has 3 heterocycles. The van der Waals surface area contributed by atoms with E-state index >= 15 is 0 Å². The Kier molecular flexibility index (Phi) is 7.31. The lowest BCUT2D eigenvalue weighted by atomic mass is 9.90. The second-order valence-corrected chi connectivity index (χ2v) is 10.3. The molecule has 0 amide bonds. The molecule has 5 nitrogen and oxygen atoms in total. The molecule has 2 aliphatic rings. The van der Waals surface area contributed by atoms with Gasteiger partial charge in [-0.25, -0.2) is 0 Å². The van der Waals surface area contributed by atoms with Crippen LogP contribution in [0, 0.1) is 5.92 Å². The minimum atomic E-state index is -3.81. The van der Waals surface area contributed by atoms with Crippen molar-refractivity contribution in [3.8, 4) is 11.5 Å². The van der Waals surface area contributed by atoms with Crippen molar-refractivity contribution in [2.24, 2.45) is 5.92 Å². The molecule has 3 atom stereocenters. The van der Waals surface area contributed by atoms with Gasteiger partial charge in [0.1, 0.15) is 12.7 Å². The summed E-state index contributed by atoms with van der Waals surface area (Å²) in [5, 5.41) is 6.72. The molecule has 26 heavy (non-hydrogen) atoms. The first kappa shape index (κ1) is 20.0. The van der Waals surface area contributed by atoms with Gasteiger partial charge in [0.15, 0.2) is 11.5 Å². The summed E-state index contributed by atoms with van der Waals surface area (Å²) in [6.07, 6.45) is 9.04. The highest BCUT2D eigenvalue weighted by atomic mass is 32.2. The third kappa shape index (κ3) is 5.90. The molecule has 0 saturated heterocycles. The van der Waals surface area contributed by atoms with E-state index in [1.807, 2.05) is 22.5 Å². The first-order chi connectivity index (χ1) is 12.5. The van der Waals surface area contributed by atoms with Gasteiger partial charge in [-0.15, -0.1) is 23.1 Å². The number of fused-ring (bicyclic) bond motifs is 1. The lowest BCUT2D eigenvalue weighted by Crippen LogP contribution is -2.40. The molecule has 8 heteroatoms. The van der Waals surface area contributed by atoms with Crippen LogP contribution >= 0.6 is 23.1 Å². The zero-order valence-corrected chi connectivity index (χ0v) is 17.2. The van der Waals surface area contributed by atoms with Gasteiger partial charge >= 0.3 is 0 Å². The van der Waals surface area contributed by atoms with Gasteiger partial charge in [0, 0.05) is 21.9 Å². The second kappa shape index (κ2) is 9.48. The Bertz CT molecular complexity index is 689. The zero-order chi connectivity index (χ0) is 18.4. The number of thiophene rings is 1. The van der Waals surface area contributed by atoms with Crippen molar-refractivity contribution in [2.45, 2.75) is 56.3 Å². The van der Waals surface area contributed by atoms with E-state index in [1.54, 1.807) is 11.3 Å². The van der Waals surface area contributed by atoms with E-state index in [0.29, 0.717) is 24.2 Å². The average Bonchev–Trinajstić information content (AvgIpc) is 3.27. The van der Waals surface area contributed by atoms with E-state index < -0.39 is 10.1 Å². The van der Waals surface area contributed by atoms with Crippen LogP contribution in [0.5, 0.6) is 11.5 Å². The number of unbranched alkanes of at least 4 members (excludes halogenated alkanes) is 4. The second-order valence-electron chi connectivity index (χ2n) is 6.86. The maximum Gasteiger partial charge on any atom is 0.264 e. The number of rotatable bonds is 10. The standard InChI is InChI=1S/C18H26O5S3/c19-26(20,21)10-5-3-1-2-4-7-14(18-8-6-9-25-18)15-11-22-16-12-24-13-17(16)23-15/h6,9,12-15,18H,1-5,7-8,10-11H2,(H,19,20,21). The van der Waals surface area contributed by atoms with Crippen molar-refractivity contribution in [3.63, 3.8) is 0 Å². The Morgan fingerprint density at radius 1 is 1.15 bits per heavy atom. The Balaban J connectivity index is 1.44. The minimum absolute atomic E-state index is 0.0917. The molecule has 0 bridgehead atoms. The Morgan fingerprint density at radius 3 is 2.69 bits per heavy atom. The number of allylic oxidation sites excluding steroid dienone is 1. The first-order valence-corrected chi connectivity index (χ1v) is 12.6. The molecule has 0 aromatic carbocycles. The predicted octanol–water partition coefficient (Wildman–Crippen LogP) is 4.75. The number of ether oxygens (including phenoxy) is 2. The molecule has 3 rings (SSSR count). The van der Waals surface area contributed by atoms with Crippen molar-refractivity contribution in [3.05, 3.63) is 22.2 Å². The van der Waals surface area contributed by atoms with Crippen LogP contribution in [0.4, 0.5) is 0 Å². The van der Waals surface area contributed by atoms with Crippen LogP contribution in [-0.4, -0.2) is 36.7 Å². The van der Waals surface area contributed by atoms with Crippen LogP contribution in [0.25, 0.3) is 0 Å². The largest absolute Gasteiger partial charge is 0.485 e. The summed E-state index contributed by atoms with van der Waals surface area (Å²) >= 11 is 3.50. The molecule has 1 N–H and O–H groups in total. The van der Waals surface area contributed by atoms with Gasteiger partial charge in [0.2, 0.25) is 0 Å². The molecule has 0 fully saturated rings. The normalized spacial score (nSPS) is 23.3. The molecule has 1 aromatic heterocycles. The molecule has 3 unspecified atom stereocenters. The summed E-state index contributed by atoms with van der Waals surface area (Å²) in [5.41, 5.74) is 0. The molecule has 2 aliphatic heterocycles. The van der Waals surface area contributed by atoms with Crippen LogP contribution in [0.1, 0.15) is 44.9 Å². The molecule has 0 radical (unpaired) electrons. The molecular formula is C18H26O5S3. The topological polar surface area (TPSA) is 72.8 Å². The van der Waals surface area contributed by atoms with Gasteiger partial charge in [-0.1, -0.05) is 31.8 Å². The van der Waals surface area contributed by atoms with Crippen molar-refractivity contribution in [1.29, 1.82) is 0 Å². The van der Waals surface area contributed by atoms with E-state index in [1.165, 1.54) is 0 Å². The molecule has 0 spiro atoms. The maximum atomic E-state index is 10.7. The van der Waals surface area contributed by atoms with Crippen LogP contribution in [0.3, 0.4) is 0 Å². The summed E-state index contributed by atoms with van der Waals surface area (Å²) in [6, 6.07) is 0. The quantitative estimate of drug-likeness (QED) is 0.437. The zero-order valence-electron chi connectivity index (χ0n) is 14.7. The SMILES string of the molecule is O=S(=O)(O)CCCCCCCC(C1COc2cscc2O1)C1CC=CS1. The van der Waals surface area contributed by atoms with Gasteiger partial charge in [-0.05, 0) is 24.7 Å². The summed E-state index contributed by atoms with van der Waals surface area (Å²) in [6.45, 7) is 0.611. The molecular weight excluding hydrogens is 392 g/mol. The van der Waals surface area contributed by atoms with Gasteiger partial charge in [-0.2, -0.15) is 8.42 Å². The third-order valence-corrected chi connectivity index (χ3v) is 7.63. The van der Waals surface area contributed by atoms with E-state index in [4.69, 9.17) is 14.0 Å². The lowest BCUT2D eigenvalue weighted by Gasteiger charge is -2.34. The highest BCUT2D eigenvalue weighted by Gasteiger charge is 2.35. The first-order valence-electron chi connectivity index (χ1n) is 9.14. The fourth-order valence-electron chi connectivity index (χ4n) is 3.53. The van der Waals surface area contributed by atoms with Crippen molar-refractivity contribution in [1.82, 2.24) is 0 Å². The molecule has 0 saturated carbocycles. The van der Waals surface area contributed by atoms with Crippen LogP contribution in [0.15, 0.2) is 22.2 Å². The van der Waals surface area contributed by atoms with Crippen molar-refractivity contribution >= 4 is 33.2 Å². The third-order valence-electron chi connectivity index (χ3n) is 4.89. The van der Waals surface area contributed by atoms with Gasteiger partial charge in [0.05, 0.1) is 5.75 Å². The Morgan fingerprint density at radius 2 is 1.92 bits per heavy atom. The predicted molar refractivity (Wildman–Crippen MR) is 107 cm³/mol. The molecule has 0 aliphatic carbocycles. The Hall–Kier alpha value is -0.700. The van der Waals surface area contributed by atoms with Crippen LogP contribution in [0.2, 0.25) is 0 Å². The van der Waals surface area contributed by atoms with Gasteiger partial charge in [0.25, 0.3) is 10.1 Å². The lowest BCUT2D eigenvalue weighted by molar-refractivity contribution is 0.0441. The minimum Gasteiger partial charge on any atom is -0.485 e. The average molecular weight is 419 g/mol. The van der Waals surface area contributed by atoms with Gasteiger partial charge < -0.3 is 9.47 Å². The smallest absolute Gasteiger partial charge is 0.264 e. The van der Waals surface area contributed by atoms with E-state index in [9.17, 15) is 8.42 Å². The van der Waals surface area contributed by atoms with E-state index in [0.717, 1.165) is 50.0 Å². The van der Waals surface area contributed by atoms with E-state index in [-0.39, 0.29) is 11.9 Å². The Labute approximate surface area is 163 Å². The summed E-state index contributed by atoms with van der Waals surface area (Å²) in [7, 11) is -3.81. The van der Waals surface area contributed by atoms with Crippen molar-refractivity contribution in [2.75, 3.05) is 12.4 Å². The molecule has 1 aromatic rings. The van der Waals surface area contributed by atoms with Crippen LogP contribution < -0.4 is 9.47 Å². The maximum absolute atomic E-state index is 10.7. The summed E-state index contributed by atoms with van der Waals surface area (Å²) in [4.78, 5) is 0. The highest BCUT2D eigenvalue weighted by Crippen LogP contribution is 2.41. The number of hydrogen-bond donors (Lipinski definition) is 1. The fraction of sp³-hybridized carbons (Fsp3) is 0.667. The summed E-state index contributed by atoms with van der Waals surface area (Å²) < 4.78 is 42.3.